The van der Waals surface area contributed by atoms with Crippen LogP contribution in [0.2, 0.25) is 0 Å². The second-order valence-electron chi connectivity index (χ2n) is 9.37. The second kappa shape index (κ2) is 7.79. The van der Waals surface area contributed by atoms with Crippen molar-refractivity contribution in [3.63, 3.8) is 0 Å². The van der Waals surface area contributed by atoms with E-state index in [-0.39, 0.29) is 23.3 Å². The lowest BCUT2D eigenvalue weighted by atomic mass is 9.77. The average Bonchev–Trinajstić information content (AvgIpc) is 3.58. The lowest BCUT2D eigenvalue weighted by Gasteiger charge is -2.57. The van der Waals surface area contributed by atoms with Crippen LogP contribution in [0.1, 0.15) is 59.5 Å². The maximum absolute atomic E-state index is 13.2. The molecule has 5 rings (SSSR count). The van der Waals surface area contributed by atoms with E-state index in [0.717, 1.165) is 75.4 Å². The first-order chi connectivity index (χ1) is 14.9. The summed E-state index contributed by atoms with van der Waals surface area (Å²) >= 11 is 0. The zero-order valence-electron chi connectivity index (χ0n) is 18.3. The van der Waals surface area contributed by atoms with Crippen LogP contribution in [0.4, 0.5) is 5.69 Å². The van der Waals surface area contributed by atoms with E-state index in [1.54, 1.807) is 0 Å². The van der Waals surface area contributed by atoms with Gasteiger partial charge in [-0.25, -0.2) is 0 Å². The van der Waals surface area contributed by atoms with Crippen molar-refractivity contribution in [1.82, 2.24) is 15.0 Å². The molecule has 1 spiro atoms. The van der Waals surface area contributed by atoms with Gasteiger partial charge in [0.1, 0.15) is 5.76 Å². The first-order valence-electron chi connectivity index (χ1n) is 11.3. The summed E-state index contributed by atoms with van der Waals surface area (Å²) in [5.41, 5.74) is 3.62. The van der Waals surface area contributed by atoms with Crippen LogP contribution in [-0.2, 0) is 11.3 Å². The number of likely N-dealkylation sites (tertiary alicyclic amines) is 2. The van der Waals surface area contributed by atoms with Crippen LogP contribution in [0.25, 0.3) is 0 Å². The van der Waals surface area contributed by atoms with Crippen LogP contribution in [-0.4, -0.2) is 51.9 Å². The second-order valence-corrected chi connectivity index (χ2v) is 9.37. The number of aromatic nitrogens is 1. The summed E-state index contributed by atoms with van der Waals surface area (Å²) in [5.74, 6) is 1.21. The fraction of sp³-hybridized carbons (Fsp3) is 0.542. The van der Waals surface area contributed by atoms with Gasteiger partial charge in [0.2, 0.25) is 5.91 Å². The Morgan fingerprint density at radius 1 is 1.16 bits per heavy atom. The molecule has 0 radical (unpaired) electrons. The van der Waals surface area contributed by atoms with E-state index in [0.29, 0.717) is 5.56 Å². The third-order valence-corrected chi connectivity index (χ3v) is 7.24. The standard InChI is InChI=1S/C24H30N4O3/c1-16-21(17(2)31-26-16)14-28-13-11-24(28)10-3-12-27(15-24)23(30)19-6-8-20(9-7-19)25-22(29)18-4-5-18/h6-9,18H,3-5,10-15H2,1-2H3,(H,25,29). The number of piperidine rings is 1. The molecule has 2 aliphatic heterocycles. The molecule has 1 N–H and O–H groups in total. The Labute approximate surface area is 182 Å². The van der Waals surface area contributed by atoms with Crippen molar-refractivity contribution >= 4 is 17.5 Å². The smallest absolute Gasteiger partial charge is 0.253 e. The van der Waals surface area contributed by atoms with Crippen LogP contribution in [0, 0.1) is 19.8 Å². The number of rotatable bonds is 5. The van der Waals surface area contributed by atoms with Gasteiger partial charge in [0, 0.05) is 54.5 Å². The van der Waals surface area contributed by atoms with E-state index in [4.69, 9.17) is 4.52 Å². The van der Waals surface area contributed by atoms with Crippen LogP contribution < -0.4 is 5.32 Å². The van der Waals surface area contributed by atoms with E-state index in [9.17, 15) is 9.59 Å². The lowest BCUT2D eigenvalue weighted by Crippen LogP contribution is -2.67. The molecule has 7 heteroatoms. The zero-order valence-corrected chi connectivity index (χ0v) is 18.3. The average molecular weight is 423 g/mol. The van der Waals surface area contributed by atoms with Gasteiger partial charge in [0.05, 0.1) is 5.69 Å². The van der Waals surface area contributed by atoms with Gasteiger partial charge in [-0.2, -0.15) is 0 Å². The van der Waals surface area contributed by atoms with Gasteiger partial charge < -0.3 is 14.7 Å². The van der Waals surface area contributed by atoms with Crippen molar-refractivity contribution < 1.29 is 14.1 Å². The van der Waals surface area contributed by atoms with Gasteiger partial charge in [0.25, 0.3) is 5.91 Å². The van der Waals surface area contributed by atoms with Crippen molar-refractivity contribution in [2.24, 2.45) is 5.92 Å². The quantitative estimate of drug-likeness (QED) is 0.798. The molecule has 3 heterocycles. The van der Waals surface area contributed by atoms with Gasteiger partial charge in [-0.1, -0.05) is 5.16 Å². The molecule has 0 bridgehead atoms. The van der Waals surface area contributed by atoms with Crippen LogP contribution in [0.3, 0.4) is 0 Å². The summed E-state index contributed by atoms with van der Waals surface area (Å²) in [6.07, 6.45) is 5.21. The third kappa shape index (κ3) is 3.87. The fourth-order valence-electron chi connectivity index (χ4n) is 4.97. The number of aryl methyl sites for hydroxylation is 2. The predicted molar refractivity (Wildman–Crippen MR) is 117 cm³/mol. The number of nitrogens with one attached hydrogen (secondary N) is 1. The highest BCUT2D eigenvalue weighted by atomic mass is 16.5. The number of hydrogen-bond acceptors (Lipinski definition) is 5. The number of nitrogens with zero attached hydrogens (tertiary/aromatic N) is 3. The molecule has 31 heavy (non-hydrogen) atoms. The van der Waals surface area contributed by atoms with Crippen molar-refractivity contribution in [3.05, 3.63) is 46.8 Å². The molecule has 3 fully saturated rings. The largest absolute Gasteiger partial charge is 0.361 e. The minimum absolute atomic E-state index is 0.0578. The molecular weight excluding hydrogens is 392 g/mol. The number of carbonyl (C=O) groups excluding carboxylic acids is 2. The van der Waals surface area contributed by atoms with Crippen molar-refractivity contribution in [3.8, 4) is 0 Å². The van der Waals surface area contributed by atoms with Gasteiger partial charge >= 0.3 is 0 Å². The third-order valence-electron chi connectivity index (χ3n) is 7.24. The molecule has 3 aliphatic rings. The zero-order chi connectivity index (χ0) is 21.6. The van der Waals surface area contributed by atoms with Crippen LogP contribution in [0.15, 0.2) is 28.8 Å². The Kier molecular flexibility index (Phi) is 5.08. The number of anilines is 1. The summed E-state index contributed by atoms with van der Waals surface area (Å²) in [7, 11) is 0. The summed E-state index contributed by atoms with van der Waals surface area (Å²) in [4.78, 5) is 29.6. The predicted octanol–water partition coefficient (Wildman–Crippen LogP) is 3.52. The van der Waals surface area contributed by atoms with Crippen molar-refractivity contribution in [2.75, 3.05) is 25.0 Å². The Bertz CT molecular complexity index is 975. The molecule has 1 atom stereocenters. The highest BCUT2D eigenvalue weighted by Gasteiger charge is 2.48. The Morgan fingerprint density at radius 3 is 2.55 bits per heavy atom. The molecule has 2 amide bonds. The topological polar surface area (TPSA) is 78.7 Å². The van der Waals surface area contributed by atoms with Gasteiger partial charge in [-0.05, 0) is 70.2 Å². The molecule has 2 saturated heterocycles. The molecule has 1 saturated carbocycles. The maximum atomic E-state index is 13.2. The van der Waals surface area contributed by atoms with E-state index >= 15 is 0 Å². The first kappa shape index (κ1) is 20.2. The lowest BCUT2D eigenvalue weighted by molar-refractivity contribution is -0.117. The number of carbonyl (C=O) groups is 2. The summed E-state index contributed by atoms with van der Waals surface area (Å²) in [5, 5.41) is 7.02. The number of benzene rings is 1. The molecule has 164 valence electrons. The number of amides is 2. The van der Waals surface area contributed by atoms with Crippen LogP contribution >= 0.6 is 0 Å². The Hall–Kier alpha value is -2.67. The normalized spacial score (nSPS) is 23.6. The fourth-order valence-corrected chi connectivity index (χ4v) is 4.97. The van der Waals surface area contributed by atoms with E-state index in [1.807, 2.05) is 43.0 Å². The Balaban J connectivity index is 1.24. The summed E-state index contributed by atoms with van der Waals surface area (Å²) in [6.45, 7) is 7.39. The monoisotopic (exact) mass is 422 g/mol. The van der Waals surface area contributed by atoms with Gasteiger partial charge in [-0.3, -0.25) is 14.5 Å². The molecular formula is C24H30N4O3. The van der Waals surface area contributed by atoms with E-state index < -0.39 is 0 Å². The Morgan fingerprint density at radius 2 is 1.94 bits per heavy atom. The minimum atomic E-state index is 0.0578. The molecule has 2 aromatic rings. The molecule has 1 aromatic carbocycles. The minimum Gasteiger partial charge on any atom is -0.361 e. The highest BCUT2D eigenvalue weighted by molar-refractivity contribution is 5.97. The van der Waals surface area contributed by atoms with E-state index in [2.05, 4.69) is 15.4 Å². The van der Waals surface area contributed by atoms with Gasteiger partial charge in [0.15, 0.2) is 0 Å². The van der Waals surface area contributed by atoms with Crippen molar-refractivity contribution in [1.29, 1.82) is 0 Å². The molecule has 1 unspecified atom stereocenters. The molecule has 1 aromatic heterocycles. The first-order valence-corrected chi connectivity index (χ1v) is 11.3. The summed E-state index contributed by atoms with van der Waals surface area (Å²) in [6, 6.07) is 7.32. The maximum Gasteiger partial charge on any atom is 0.253 e. The van der Waals surface area contributed by atoms with Gasteiger partial charge in [-0.15, -0.1) is 0 Å². The highest BCUT2D eigenvalue weighted by Crippen LogP contribution is 2.40. The summed E-state index contributed by atoms with van der Waals surface area (Å²) < 4.78 is 5.34. The number of hydrogen-bond donors (Lipinski definition) is 1. The van der Waals surface area contributed by atoms with E-state index in [1.165, 1.54) is 5.56 Å². The SMILES string of the molecule is Cc1noc(C)c1CN1CCC12CCCN(C(=O)c1ccc(NC(=O)C3CC3)cc1)C2. The molecule has 1 aliphatic carbocycles. The van der Waals surface area contributed by atoms with Crippen LogP contribution in [0.5, 0.6) is 0 Å². The molecule has 7 nitrogen and oxygen atoms in total. The van der Waals surface area contributed by atoms with Crippen molar-refractivity contribution in [2.45, 2.75) is 58.0 Å².